The summed E-state index contributed by atoms with van der Waals surface area (Å²) in [5, 5.41) is 0.898. The van der Waals surface area contributed by atoms with Gasteiger partial charge in [-0.1, -0.05) is 56.7 Å². The monoisotopic (exact) mass is 354 g/mol. The Balaban J connectivity index is 2.03. The number of benzene rings is 2. The summed E-state index contributed by atoms with van der Waals surface area (Å²) < 4.78 is 28.8. The zero-order valence-corrected chi connectivity index (χ0v) is 15.3. The highest BCUT2D eigenvalue weighted by Gasteiger charge is 2.21. The minimum atomic E-state index is -3.69. The lowest BCUT2D eigenvalue weighted by Crippen LogP contribution is -2.16. The Bertz CT molecular complexity index is 978. The second-order valence-electron chi connectivity index (χ2n) is 6.21. The average molecular weight is 354 g/mol. The van der Waals surface area contributed by atoms with E-state index in [0.717, 1.165) is 23.8 Å². The van der Waals surface area contributed by atoms with E-state index < -0.39 is 10.0 Å². The molecule has 25 heavy (non-hydrogen) atoms. The Labute approximate surface area is 149 Å². The summed E-state index contributed by atoms with van der Waals surface area (Å²) in [6.07, 6.45) is 3.62. The third kappa shape index (κ3) is 3.66. The van der Waals surface area contributed by atoms with Gasteiger partial charge in [0.15, 0.2) is 0 Å². The number of pyridine rings is 1. The summed E-state index contributed by atoms with van der Waals surface area (Å²) in [6, 6.07) is 16.5. The molecule has 1 heterocycles. The van der Waals surface area contributed by atoms with Crippen molar-refractivity contribution in [1.82, 2.24) is 4.98 Å². The molecule has 1 N–H and O–H groups in total. The Hall–Kier alpha value is -2.40. The second-order valence-corrected chi connectivity index (χ2v) is 7.86. The molecule has 0 saturated heterocycles. The van der Waals surface area contributed by atoms with Gasteiger partial charge in [-0.05, 0) is 36.1 Å². The van der Waals surface area contributed by atoms with E-state index >= 15 is 0 Å². The van der Waals surface area contributed by atoms with Crippen LogP contribution >= 0.6 is 0 Å². The molecule has 2 aromatic carbocycles. The van der Waals surface area contributed by atoms with Gasteiger partial charge >= 0.3 is 0 Å². The van der Waals surface area contributed by atoms with Crippen molar-refractivity contribution in [2.75, 3.05) is 4.72 Å². The van der Waals surface area contributed by atoms with E-state index in [0.29, 0.717) is 16.1 Å². The van der Waals surface area contributed by atoms with E-state index in [2.05, 4.69) is 23.6 Å². The first-order chi connectivity index (χ1) is 12.0. The van der Waals surface area contributed by atoms with Crippen LogP contribution in [0.25, 0.3) is 10.9 Å². The zero-order valence-electron chi connectivity index (χ0n) is 14.4. The number of para-hydroxylation sites is 1. The van der Waals surface area contributed by atoms with Gasteiger partial charge in [0.2, 0.25) is 0 Å². The number of hydrogen-bond donors (Lipinski definition) is 1. The molecule has 1 unspecified atom stereocenters. The van der Waals surface area contributed by atoms with Crippen LogP contribution in [0.2, 0.25) is 0 Å². The SMILES string of the molecule is CCCC(C)c1ccccc1S(=O)(=O)Nc1cccc2cccnc12. The fourth-order valence-corrected chi connectivity index (χ4v) is 4.51. The predicted molar refractivity (Wildman–Crippen MR) is 102 cm³/mol. The number of anilines is 1. The molecule has 1 atom stereocenters. The number of rotatable bonds is 6. The van der Waals surface area contributed by atoms with Crippen LogP contribution in [0, 0.1) is 0 Å². The van der Waals surface area contributed by atoms with Crippen LogP contribution in [-0.4, -0.2) is 13.4 Å². The van der Waals surface area contributed by atoms with Gasteiger partial charge in [0.05, 0.1) is 16.1 Å². The number of fused-ring (bicyclic) bond motifs is 1. The number of hydrogen-bond acceptors (Lipinski definition) is 3. The summed E-state index contributed by atoms with van der Waals surface area (Å²) in [6.45, 7) is 4.17. The van der Waals surface area contributed by atoms with E-state index in [9.17, 15) is 8.42 Å². The molecule has 130 valence electrons. The Kier molecular flexibility index (Phi) is 5.04. The fraction of sp³-hybridized carbons (Fsp3) is 0.250. The lowest BCUT2D eigenvalue weighted by atomic mass is 9.97. The number of sulfonamides is 1. The highest BCUT2D eigenvalue weighted by Crippen LogP contribution is 2.30. The molecule has 1 aromatic heterocycles. The van der Waals surface area contributed by atoms with Crippen LogP contribution in [0.5, 0.6) is 0 Å². The summed E-state index contributed by atoms with van der Waals surface area (Å²) in [5.74, 6) is 0.184. The van der Waals surface area contributed by atoms with Gasteiger partial charge in [-0.15, -0.1) is 0 Å². The molecule has 0 fully saturated rings. The van der Waals surface area contributed by atoms with Gasteiger partial charge in [0.25, 0.3) is 10.0 Å². The minimum Gasteiger partial charge on any atom is -0.277 e. The average Bonchev–Trinajstić information content (AvgIpc) is 2.62. The first kappa shape index (κ1) is 17.4. The zero-order chi connectivity index (χ0) is 17.9. The van der Waals surface area contributed by atoms with Crippen molar-refractivity contribution in [2.45, 2.75) is 37.5 Å². The minimum absolute atomic E-state index is 0.184. The quantitative estimate of drug-likeness (QED) is 0.682. The van der Waals surface area contributed by atoms with Crippen molar-refractivity contribution in [2.24, 2.45) is 0 Å². The molecule has 3 aromatic rings. The Morgan fingerprint density at radius 1 is 1.04 bits per heavy atom. The lowest BCUT2D eigenvalue weighted by molar-refractivity contribution is 0.594. The van der Waals surface area contributed by atoms with Gasteiger partial charge in [-0.2, -0.15) is 0 Å². The Morgan fingerprint density at radius 2 is 1.80 bits per heavy atom. The molecule has 0 aliphatic heterocycles. The molecule has 0 bridgehead atoms. The summed E-state index contributed by atoms with van der Waals surface area (Å²) in [5.41, 5.74) is 1.99. The third-order valence-electron chi connectivity index (χ3n) is 4.34. The molecule has 0 aliphatic carbocycles. The molecular weight excluding hydrogens is 332 g/mol. The van der Waals surface area contributed by atoms with Crippen LogP contribution in [0.1, 0.15) is 38.2 Å². The van der Waals surface area contributed by atoms with Crippen LogP contribution < -0.4 is 4.72 Å². The maximum Gasteiger partial charge on any atom is 0.262 e. The molecule has 0 radical (unpaired) electrons. The van der Waals surface area contributed by atoms with Crippen molar-refractivity contribution in [3.8, 4) is 0 Å². The maximum absolute atomic E-state index is 13.0. The van der Waals surface area contributed by atoms with Crippen molar-refractivity contribution in [1.29, 1.82) is 0 Å². The topological polar surface area (TPSA) is 59.1 Å². The standard InChI is InChI=1S/C20H22N2O2S/c1-3-8-15(2)17-11-4-5-13-19(17)25(23,24)22-18-12-6-9-16-10-7-14-21-20(16)18/h4-7,9-15,22H,3,8H2,1-2H3. The van der Waals surface area contributed by atoms with E-state index in [-0.39, 0.29) is 5.92 Å². The number of nitrogens with one attached hydrogen (secondary N) is 1. The van der Waals surface area contributed by atoms with Crippen LogP contribution in [0.3, 0.4) is 0 Å². The predicted octanol–water partition coefficient (Wildman–Crippen LogP) is 4.94. The summed E-state index contributed by atoms with van der Waals surface area (Å²) >= 11 is 0. The van der Waals surface area contributed by atoms with Gasteiger partial charge in [-0.25, -0.2) is 8.42 Å². The van der Waals surface area contributed by atoms with Gasteiger partial charge in [0, 0.05) is 11.6 Å². The van der Waals surface area contributed by atoms with Crippen molar-refractivity contribution < 1.29 is 8.42 Å². The fourth-order valence-electron chi connectivity index (χ4n) is 3.11. The molecule has 4 nitrogen and oxygen atoms in total. The van der Waals surface area contributed by atoms with Crippen molar-refractivity contribution >= 4 is 26.6 Å². The molecule has 3 rings (SSSR count). The maximum atomic E-state index is 13.0. The van der Waals surface area contributed by atoms with Crippen molar-refractivity contribution in [3.05, 3.63) is 66.4 Å². The smallest absolute Gasteiger partial charge is 0.262 e. The summed E-state index contributed by atoms with van der Waals surface area (Å²) in [4.78, 5) is 4.66. The van der Waals surface area contributed by atoms with E-state index in [1.165, 1.54) is 0 Å². The van der Waals surface area contributed by atoms with Crippen LogP contribution in [-0.2, 0) is 10.0 Å². The van der Waals surface area contributed by atoms with Gasteiger partial charge < -0.3 is 0 Å². The Morgan fingerprint density at radius 3 is 2.60 bits per heavy atom. The number of aromatic nitrogens is 1. The van der Waals surface area contributed by atoms with Crippen molar-refractivity contribution in [3.63, 3.8) is 0 Å². The third-order valence-corrected chi connectivity index (χ3v) is 5.78. The first-order valence-electron chi connectivity index (χ1n) is 8.48. The molecule has 0 amide bonds. The molecule has 0 spiro atoms. The molecular formula is C20H22N2O2S. The van der Waals surface area contributed by atoms with E-state index in [1.807, 2.05) is 36.4 Å². The van der Waals surface area contributed by atoms with E-state index in [1.54, 1.807) is 24.4 Å². The molecule has 5 heteroatoms. The first-order valence-corrected chi connectivity index (χ1v) is 9.96. The highest BCUT2D eigenvalue weighted by atomic mass is 32.2. The van der Waals surface area contributed by atoms with Gasteiger partial charge in [-0.3, -0.25) is 9.71 Å². The largest absolute Gasteiger partial charge is 0.277 e. The summed E-state index contributed by atoms with van der Waals surface area (Å²) in [7, 11) is -3.69. The molecule has 0 aliphatic rings. The van der Waals surface area contributed by atoms with Gasteiger partial charge in [0.1, 0.15) is 0 Å². The second kappa shape index (κ2) is 7.23. The highest BCUT2D eigenvalue weighted by molar-refractivity contribution is 7.92. The lowest BCUT2D eigenvalue weighted by Gasteiger charge is -2.17. The van der Waals surface area contributed by atoms with E-state index in [4.69, 9.17) is 0 Å². The number of nitrogens with zero attached hydrogens (tertiary/aromatic N) is 1. The normalized spacial score (nSPS) is 12.9. The van der Waals surface area contributed by atoms with Crippen LogP contribution in [0.15, 0.2) is 65.7 Å². The molecule has 0 saturated carbocycles. The van der Waals surface area contributed by atoms with Crippen LogP contribution in [0.4, 0.5) is 5.69 Å².